The number of carboxylic acids is 1. The van der Waals surface area contributed by atoms with Crippen LogP contribution in [0.4, 0.5) is 5.69 Å². The van der Waals surface area contributed by atoms with Crippen molar-refractivity contribution in [2.75, 3.05) is 32.5 Å². The zero-order chi connectivity index (χ0) is 11.7. The number of nitrogens with one attached hydrogen (secondary N) is 1. The van der Waals surface area contributed by atoms with E-state index in [0.717, 1.165) is 12.2 Å². The first-order valence-electron chi connectivity index (χ1n) is 4.98. The first-order chi connectivity index (χ1) is 7.58. The summed E-state index contributed by atoms with van der Waals surface area (Å²) in [6, 6.07) is 0. The van der Waals surface area contributed by atoms with Crippen molar-refractivity contribution >= 4 is 23.0 Å². The molecule has 0 amide bonds. The minimum absolute atomic E-state index is 0.00444. The molecule has 16 heavy (non-hydrogen) atoms. The number of rotatable bonds is 3. The van der Waals surface area contributed by atoms with Gasteiger partial charge in [0, 0.05) is 11.9 Å². The van der Waals surface area contributed by atoms with E-state index in [1.807, 2.05) is 19.0 Å². The van der Waals surface area contributed by atoms with Crippen LogP contribution in [0.25, 0.3) is 0 Å². The van der Waals surface area contributed by atoms with Crippen LogP contribution in [-0.4, -0.2) is 49.3 Å². The Morgan fingerprint density at radius 3 is 3.12 bits per heavy atom. The molecule has 1 atom stereocenters. The van der Waals surface area contributed by atoms with Crippen LogP contribution in [0.15, 0.2) is 5.38 Å². The molecular weight excluding hydrogens is 228 g/mol. The number of hydrogen-bond donors (Lipinski definition) is 2. The van der Waals surface area contributed by atoms with Gasteiger partial charge in [0.15, 0.2) is 10.6 Å². The highest BCUT2D eigenvalue weighted by molar-refractivity contribution is 7.13. The SMILES string of the molecule is CN(C)CC1CNc2csc(C(=O)O)c2O1. The van der Waals surface area contributed by atoms with E-state index in [2.05, 4.69) is 5.32 Å². The van der Waals surface area contributed by atoms with Crippen molar-refractivity contribution in [2.45, 2.75) is 6.10 Å². The number of nitrogens with zero attached hydrogens (tertiary/aromatic N) is 1. The third-order valence-corrected chi connectivity index (χ3v) is 3.26. The summed E-state index contributed by atoms with van der Waals surface area (Å²) in [5.74, 6) is -0.450. The lowest BCUT2D eigenvalue weighted by molar-refractivity contribution is 0.0693. The lowest BCUT2D eigenvalue weighted by atomic mass is 10.2. The van der Waals surface area contributed by atoms with E-state index in [0.29, 0.717) is 12.3 Å². The average Bonchev–Trinajstić information content (AvgIpc) is 2.59. The highest BCUT2D eigenvalue weighted by atomic mass is 32.1. The molecule has 6 heteroatoms. The Balaban J connectivity index is 2.17. The number of anilines is 1. The molecule has 2 rings (SSSR count). The smallest absolute Gasteiger partial charge is 0.349 e. The molecule has 2 heterocycles. The van der Waals surface area contributed by atoms with Crippen LogP contribution >= 0.6 is 11.3 Å². The van der Waals surface area contributed by atoms with Gasteiger partial charge in [0.05, 0.1) is 12.2 Å². The van der Waals surface area contributed by atoms with Crippen LogP contribution in [0.5, 0.6) is 5.75 Å². The van der Waals surface area contributed by atoms with Gasteiger partial charge < -0.3 is 20.1 Å². The number of fused-ring (bicyclic) bond motifs is 1. The minimum Gasteiger partial charge on any atom is -0.483 e. The Hall–Kier alpha value is -1.27. The summed E-state index contributed by atoms with van der Waals surface area (Å²) in [5, 5.41) is 14.0. The summed E-state index contributed by atoms with van der Waals surface area (Å²) in [5.41, 5.74) is 0.789. The molecule has 2 N–H and O–H groups in total. The van der Waals surface area contributed by atoms with Gasteiger partial charge in [-0.25, -0.2) is 4.79 Å². The Bertz CT molecular complexity index is 403. The molecule has 0 bridgehead atoms. The van der Waals surface area contributed by atoms with Crippen molar-refractivity contribution in [1.82, 2.24) is 4.90 Å². The fourth-order valence-electron chi connectivity index (χ4n) is 1.67. The summed E-state index contributed by atoms with van der Waals surface area (Å²) >= 11 is 1.19. The van der Waals surface area contributed by atoms with Gasteiger partial charge in [0.25, 0.3) is 0 Å². The van der Waals surface area contributed by atoms with Crippen molar-refractivity contribution in [2.24, 2.45) is 0 Å². The lowest BCUT2D eigenvalue weighted by Gasteiger charge is -2.27. The Kier molecular flexibility index (Phi) is 3.02. The quantitative estimate of drug-likeness (QED) is 0.833. The summed E-state index contributed by atoms with van der Waals surface area (Å²) in [4.78, 5) is 13.2. The molecule has 0 saturated heterocycles. The Morgan fingerprint density at radius 1 is 1.75 bits per heavy atom. The molecule has 0 fully saturated rings. The Labute approximate surface area is 97.6 Å². The van der Waals surface area contributed by atoms with Crippen molar-refractivity contribution in [3.63, 3.8) is 0 Å². The van der Waals surface area contributed by atoms with Gasteiger partial charge in [-0.2, -0.15) is 0 Å². The molecule has 5 nitrogen and oxygen atoms in total. The van der Waals surface area contributed by atoms with Gasteiger partial charge in [0.2, 0.25) is 0 Å². The van der Waals surface area contributed by atoms with Crippen molar-refractivity contribution < 1.29 is 14.6 Å². The van der Waals surface area contributed by atoms with Crippen LogP contribution in [-0.2, 0) is 0 Å². The lowest BCUT2D eigenvalue weighted by Crippen LogP contribution is -2.39. The van der Waals surface area contributed by atoms with E-state index in [1.165, 1.54) is 11.3 Å². The number of likely N-dealkylation sites (N-methyl/N-ethyl adjacent to an activating group) is 1. The highest BCUT2D eigenvalue weighted by Crippen LogP contribution is 2.38. The summed E-state index contributed by atoms with van der Waals surface area (Å²) in [6.07, 6.45) is -0.00444. The molecule has 1 aliphatic rings. The van der Waals surface area contributed by atoms with Gasteiger partial charge in [0.1, 0.15) is 6.10 Å². The van der Waals surface area contributed by atoms with Crippen molar-refractivity contribution in [3.05, 3.63) is 10.3 Å². The zero-order valence-electron chi connectivity index (χ0n) is 9.19. The minimum atomic E-state index is -0.932. The predicted octanol–water partition coefficient (Wildman–Crippen LogP) is 1.18. The molecule has 0 radical (unpaired) electrons. The third kappa shape index (κ3) is 2.12. The first kappa shape index (κ1) is 11.2. The second kappa shape index (κ2) is 4.31. The van der Waals surface area contributed by atoms with E-state index >= 15 is 0 Å². The zero-order valence-corrected chi connectivity index (χ0v) is 10.0. The van der Waals surface area contributed by atoms with Crippen LogP contribution in [0, 0.1) is 0 Å². The molecule has 0 saturated carbocycles. The molecule has 0 aromatic carbocycles. The molecule has 1 aromatic heterocycles. The van der Waals surface area contributed by atoms with E-state index in [1.54, 1.807) is 5.38 Å². The molecule has 1 aliphatic heterocycles. The molecular formula is C10H14N2O3S. The van der Waals surface area contributed by atoms with Crippen LogP contribution in [0.1, 0.15) is 9.67 Å². The predicted molar refractivity (Wildman–Crippen MR) is 62.7 cm³/mol. The summed E-state index contributed by atoms with van der Waals surface area (Å²) in [6.45, 7) is 1.47. The summed E-state index contributed by atoms with van der Waals surface area (Å²) in [7, 11) is 3.93. The fraction of sp³-hybridized carbons (Fsp3) is 0.500. The van der Waals surface area contributed by atoms with Crippen LogP contribution < -0.4 is 10.1 Å². The maximum Gasteiger partial charge on any atom is 0.349 e. The van der Waals surface area contributed by atoms with Crippen LogP contribution in [0.2, 0.25) is 0 Å². The van der Waals surface area contributed by atoms with E-state index in [-0.39, 0.29) is 11.0 Å². The molecule has 0 spiro atoms. The maximum atomic E-state index is 11.0. The third-order valence-electron chi connectivity index (χ3n) is 2.31. The fourth-order valence-corrected chi connectivity index (χ4v) is 2.47. The van der Waals surface area contributed by atoms with Gasteiger partial charge in [-0.3, -0.25) is 0 Å². The monoisotopic (exact) mass is 242 g/mol. The first-order valence-corrected chi connectivity index (χ1v) is 5.86. The number of ether oxygens (including phenoxy) is 1. The highest BCUT2D eigenvalue weighted by Gasteiger charge is 2.26. The summed E-state index contributed by atoms with van der Waals surface area (Å²) < 4.78 is 5.70. The Morgan fingerprint density at radius 2 is 2.50 bits per heavy atom. The van der Waals surface area contributed by atoms with Crippen LogP contribution in [0.3, 0.4) is 0 Å². The number of thiophene rings is 1. The largest absolute Gasteiger partial charge is 0.483 e. The standard InChI is InChI=1S/C10H14N2O3S/c1-12(2)4-6-3-11-7-5-16-9(10(13)14)8(7)15-6/h5-6,11H,3-4H2,1-2H3,(H,13,14). The van der Waals surface area contributed by atoms with Crippen molar-refractivity contribution in [3.8, 4) is 5.75 Å². The number of aromatic carboxylic acids is 1. The van der Waals surface area contributed by atoms with Gasteiger partial charge in [-0.15, -0.1) is 11.3 Å². The average molecular weight is 242 g/mol. The number of hydrogen-bond acceptors (Lipinski definition) is 5. The molecule has 0 aliphatic carbocycles. The topological polar surface area (TPSA) is 61.8 Å². The number of carboxylic acid groups (broad SMARTS) is 1. The molecule has 1 aromatic rings. The van der Waals surface area contributed by atoms with Gasteiger partial charge >= 0.3 is 5.97 Å². The number of carbonyl (C=O) groups is 1. The van der Waals surface area contributed by atoms with E-state index in [4.69, 9.17) is 9.84 Å². The second-order valence-electron chi connectivity index (χ2n) is 4.00. The second-order valence-corrected chi connectivity index (χ2v) is 4.88. The molecule has 88 valence electrons. The van der Waals surface area contributed by atoms with E-state index < -0.39 is 5.97 Å². The normalized spacial score (nSPS) is 18.8. The van der Waals surface area contributed by atoms with Gasteiger partial charge in [-0.05, 0) is 14.1 Å². The van der Waals surface area contributed by atoms with Crippen molar-refractivity contribution in [1.29, 1.82) is 0 Å². The van der Waals surface area contributed by atoms with Gasteiger partial charge in [-0.1, -0.05) is 0 Å². The van der Waals surface area contributed by atoms with E-state index in [9.17, 15) is 4.79 Å². The molecule has 1 unspecified atom stereocenters. The maximum absolute atomic E-state index is 11.0.